The van der Waals surface area contributed by atoms with Crippen LogP contribution >= 0.6 is 23.2 Å². The maximum Gasteiger partial charge on any atom is 0.272 e. The van der Waals surface area contributed by atoms with E-state index in [1.165, 1.54) is 10.9 Å². The van der Waals surface area contributed by atoms with E-state index in [0.717, 1.165) is 0 Å². The summed E-state index contributed by atoms with van der Waals surface area (Å²) in [6, 6.07) is 8.28. The molecule has 0 fully saturated rings. The van der Waals surface area contributed by atoms with Crippen LogP contribution in [0.2, 0.25) is 10.0 Å². The fraction of sp³-hybridized carbons (Fsp3) is 0.111. The fourth-order valence-electron chi connectivity index (χ4n) is 2.47. The molecule has 0 saturated carbocycles. The number of nitrogens with one attached hydrogen (secondary N) is 1. The summed E-state index contributed by atoms with van der Waals surface area (Å²) in [4.78, 5) is 15.9. The number of halogens is 2. The quantitative estimate of drug-likeness (QED) is 0.513. The summed E-state index contributed by atoms with van der Waals surface area (Å²) in [7, 11) is 1.68. The van der Waals surface area contributed by atoms with E-state index < -0.39 is 5.91 Å². The maximum absolute atomic E-state index is 12.1. The smallest absolute Gasteiger partial charge is 0.272 e. The molecule has 0 radical (unpaired) electrons. The summed E-state index contributed by atoms with van der Waals surface area (Å²) >= 11 is 12.0. The number of aromatic hydroxyl groups is 1. The zero-order chi connectivity index (χ0) is 19.6. The molecule has 3 rings (SSSR count). The van der Waals surface area contributed by atoms with Crippen LogP contribution in [0.15, 0.2) is 47.8 Å². The Hall–Kier alpha value is -2.90. The number of hydrazone groups is 1. The number of aromatic nitrogens is 3. The topological polar surface area (TPSA) is 92.4 Å². The van der Waals surface area contributed by atoms with E-state index >= 15 is 0 Å². The molecule has 138 valence electrons. The highest BCUT2D eigenvalue weighted by molar-refractivity contribution is 6.42. The van der Waals surface area contributed by atoms with Gasteiger partial charge in [-0.1, -0.05) is 29.3 Å². The Morgan fingerprint density at radius 3 is 2.70 bits per heavy atom. The normalized spacial score (nSPS) is 11.5. The van der Waals surface area contributed by atoms with Crippen molar-refractivity contribution in [1.82, 2.24) is 20.2 Å². The number of carbonyl (C=O) groups excluding carboxylic acids is 1. The first-order valence-corrected chi connectivity index (χ1v) is 8.60. The minimum atomic E-state index is -0.414. The third-order valence-corrected chi connectivity index (χ3v) is 4.55. The number of nitrogens with zero attached hydrogens (tertiary/aromatic N) is 4. The molecule has 1 aromatic carbocycles. The molecule has 0 atom stereocenters. The van der Waals surface area contributed by atoms with Crippen LogP contribution < -0.4 is 5.43 Å². The molecule has 0 aliphatic heterocycles. The van der Waals surface area contributed by atoms with Crippen molar-refractivity contribution in [2.24, 2.45) is 12.1 Å². The molecule has 0 unspecified atom stereocenters. The zero-order valence-electron chi connectivity index (χ0n) is 14.4. The van der Waals surface area contributed by atoms with Gasteiger partial charge in [-0.15, -0.1) is 0 Å². The summed E-state index contributed by atoms with van der Waals surface area (Å²) in [6.07, 6.45) is 3.00. The van der Waals surface area contributed by atoms with E-state index in [2.05, 4.69) is 20.6 Å². The zero-order valence-corrected chi connectivity index (χ0v) is 16.0. The number of amides is 1. The van der Waals surface area contributed by atoms with E-state index in [1.54, 1.807) is 50.5 Å². The second kappa shape index (κ2) is 7.77. The number of carbonyl (C=O) groups is 1. The first-order chi connectivity index (χ1) is 12.9. The highest BCUT2D eigenvalue weighted by Crippen LogP contribution is 2.35. The molecule has 2 heterocycles. The van der Waals surface area contributed by atoms with Gasteiger partial charge in [-0.2, -0.15) is 10.2 Å². The van der Waals surface area contributed by atoms with Gasteiger partial charge in [0.1, 0.15) is 5.69 Å². The summed E-state index contributed by atoms with van der Waals surface area (Å²) in [5.41, 5.74) is 4.47. The number of benzene rings is 1. The van der Waals surface area contributed by atoms with Crippen LogP contribution in [-0.2, 0) is 7.05 Å². The molecule has 0 aliphatic rings. The molecule has 9 heteroatoms. The molecule has 0 saturated heterocycles. The standard InChI is InChI=1S/C18H15Cl2N5O2/c1-10(22-23-18(27)12-4-3-7-21-9-12)15-17(26)16(25(2)24-15)11-5-6-13(19)14(20)8-11/h3-9,26H,1-2H3,(H,23,27)/b22-10+. The summed E-state index contributed by atoms with van der Waals surface area (Å²) in [5.74, 6) is -0.490. The van der Waals surface area contributed by atoms with Gasteiger partial charge in [0.05, 0.1) is 21.3 Å². The van der Waals surface area contributed by atoms with Crippen molar-refractivity contribution >= 4 is 34.8 Å². The Balaban J connectivity index is 1.89. The van der Waals surface area contributed by atoms with Crippen LogP contribution in [0.1, 0.15) is 23.0 Å². The van der Waals surface area contributed by atoms with Crippen molar-refractivity contribution in [2.75, 3.05) is 0 Å². The van der Waals surface area contributed by atoms with E-state index in [1.807, 2.05) is 0 Å². The van der Waals surface area contributed by atoms with Gasteiger partial charge in [0.25, 0.3) is 5.91 Å². The average molecular weight is 404 g/mol. The van der Waals surface area contributed by atoms with Crippen molar-refractivity contribution in [1.29, 1.82) is 0 Å². The lowest BCUT2D eigenvalue weighted by Crippen LogP contribution is -2.19. The summed E-state index contributed by atoms with van der Waals surface area (Å²) < 4.78 is 1.51. The first-order valence-electron chi connectivity index (χ1n) is 7.85. The van der Waals surface area contributed by atoms with Crippen molar-refractivity contribution < 1.29 is 9.90 Å². The SMILES string of the molecule is C/C(=N\NC(=O)c1cccnc1)c1nn(C)c(-c2ccc(Cl)c(Cl)c2)c1O. The number of hydrogen-bond donors (Lipinski definition) is 2. The van der Waals surface area contributed by atoms with E-state index in [4.69, 9.17) is 23.2 Å². The highest BCUT2D eigenvalue weighted by Gasteiger charge is 2.20. The van der Waals surface area contributed by atoms with Crippen molar-refractivity contribution in [3.05, 3.63) is 64.0 Å². The van der Waals surface area contributed by atoms with Gasteiger partial charge in [-0.3, -0.25) is 14.5 Å². The largest absolute Gasteiger partial charge is 0.504 e. The van der Waals surface area contributed by atoms with Crippen LogP contribution in [0.5, 0.6) is 5.75 Å². The Kier molecular flexibility index (Phi) is 5.43. The Bertz CT molecular complexity index is 1030. The summed E-state index contributed by atoms with van der Waals surface area (Å²) in [5, 5.41) is 19.7. The third kappa shape index (κ3) is 3.94. The van der Waals surface area contributed by atoms with Gasteiger partial charge >= 0.3 is 0 Å². The van der Waals surface area contributed by atoms with Crippen LogP contribution in [0.3, 0.4) is 0 Å². The van der Waals surface area contributed by atoms with Crippen molar-refractivity contribution in [3.8, 4) is 17.0 Å². The van der Waals surface area contributed by atoms with Crippen LogP contribution in [0.25, 0.3) is 11.3 Å². The van der Waals surface area contributed by atoms with Gasteiger partial charge in [-0.05, 0) is 31.2 Å². The monoisotopic (exact) mass is 403 g/mol. The number of pyridine rings is 1. The Morgan fingerprint density at radius 2 is 2.04 bits per heavy atom. The second-order valence-corrected chi connectivity index (χ2v) is 6.49. The van der Waals surface area contributed by atoms with Crippen LogP contribution in [0.4, 0.5) is 0 Å². The number of hydrogen-bond acceptors (Lipinski definition) is 5. The molecule has 0 aliphatic carbocycles. The molecule has 1 amide bonds. The third-order valence-electron chi connectivity index (χ3n) is 3.81. The molecule has 2 N–H and O–H groups in total. The molecule has 3 aromatic rings. The minimum Gasteiger partial charge on any atom is -0.504 e. The van der Waals surface area contributed by atoms with E-state index in [-0.39, 0.29) is 11.4 Å². The van der Waals surface area contributed by atoms with Gasteiger partial charge in [0, 0.05) is 25.0 Å². The van der Waals surface area contributed by atoms with Gasteiger partial charge in [0.2, 0.25) is 0 Å². The van der Waals surface area contributed by atoms with Crippen LogP contribution in [0, 0.1) is 0 Å². The lowest BCUT2D eigenvalue weighted by molar-refractivity contribution is 0.0954. The highest BCUT2D eigenvalue weighted by atomic mass is 35.5. The Labute approximate surface area is 165 Å². The molecule has 7 nitrogen and oxygen atoms in total. The molecular weight excluding hydrogens is 389 g/mol. The summed E-state index contributed by atoms with van der Waals surface area (Å²) in [6.45, 7) is 1.63. The molecular formula is C18H15Cl2N5O2. The molecule has 27 heavy (non-hydrogen) atoms. The molecule has 2 aromatic heterocycles. The Morgan fingerprint density at radius 1 is 1.26 bits per heavy atom. The average Bonchev–Trinajstić information content (AvgIpc) is 2.97. The van der Waals surface area contributed by atoms with Gasteiger partial charge in [-0.25, -0.2) is 5.43 Å². The predicted octanol–water partition coefficient (Wildman–Crippen LogP) is 3.65. The van der Waals surface area contributed by atoms with Gasteiger partial charge < -0.3 is 5.11 Å². The van der Waals surface area contributed by atoms with E-state index in [9.17, 15) is 9.90 Å². The second-order valence-electron chi connectivity index (χ2n) is 5.68. The maximum atomic E-state index is 12.1. The lowest BCUT2D eigenvalue weighted by atomic mass is 10.1. The number of rotatable bonds is 4. The van der Waals surface area contributed by atoms with Gasteiger partial charge in [0.15, 0.2) is 11.4 Å². The predicted molar refractivity (Wildman–Crippen MR) is 104 cm³/mol. The first kappa shape index (κ1) is 18.9. The van der Waals surface area contributed by atoms with Crippen molar-refractivity contribution in [3.63, 3.8) is 0 Å². The lowest BCUT2D eigenvalue weighted by Gasteiger charge is -2.04. The van der Waals surface area contributed by atoms with Crippen molar-refractivity contribution in [2.45, 2.75) is 6.92 Å². The minimum absolute atomic E-state index is 0.0761. The fourth-order valence-corrected chi connectivity index (χ4v) is 2.77. The van der Waals surface area contributed by atoms with E-state index in [0.29, 0.717) is 32.6 Å². The van der Waals surface area contributed by atoms with Crippen LogP contribution in [-0.4, -0.2) is 31.5 Å². The molecule has 0 bridgehead atoms. The molecule has 0 spiro atoms. The number of aryl methyl sites for hydroxylation is 1.